The van der Waals surface area contributed by atoms with Crippen LogP contribution in [0.4, 0.5) is 0 Å². The fourth-order valence-electron chi connectivity index (χ4n) is 0.896. The predicted octanol–water partition coefficient (Wildman–Crippen LogP) is 3.27. The smallest absolute Gasteiger partial charge is 0.0584 e. The van der Waals surface area contributed by atoms with Crippen LogP contribution < -0.4 is 0 Å². The molecule has 0 saturated carbocycles. The van der Waals surface area contributed by atoms with E-state index in [9.17, 15) is 0 Å². The highest BCUT2D eigenvalue weighted by Crippen LogP contribution is 2.17. The molecule has 0 radical (unpaired) electrons. The lowest BCUT2D eigenvalue weighted by Crippen LogP contribution is -1.83. The van der Waals surface area contributed by atoms with Crippen molar-refractivity contribution >= 4 is 29.1 Å². The number of hydrogen-bond donors (Lipinski definition) is 0. The number of benzene rings is 1. The molecule has 0 aliphatic heterocycles. The summed E-state index contributed by atoms with van der Waals surface area (Å²) in [5, 5.41) is 2.37. The molecule has 1 aromatic carbocycles. The van der Waals surface area contributed by atoms with Crippen molar-refractivity contribution in [1.29, 1.82) is 0 Å². The fourth-order valence-corrected chi connectivity index (χ4v) is 1.85. The molecule has 0 N–H and O–H groups in total. The zero-order chi connectivity index (χ0) is 9.36. The number of aliphatic imine (C=N–C) groups is 1. The highest BCUT2D eigenvalue weighted by atomic mass is 32.2. The Bertz CT molecular complexity index is 278. The highest BCUT2D eigenvalue weighted by Gasteiger charge is 1.90. The molecular formula is C10H11NS2. The van der Waals surface area contributed by atoms with Crippen LogP contribution in [0.5, 0.6) is 0 Å². The lowest BCUT2D eigenvalue weighted by Gasteiger charge is -1.98. The Morgan fingerprint density at radius 3 is 2.77 bits per heavy atom. The minimum absolute atomic E-state index is 0.795. The van der Waals surface area contributed by atoms with E-state index >= 15 is 0 Å². The number of rotatable bonds is 5. The van der Waals surface area contributed by atoms with E-state index < -0.39 is 0 Å². The Kier molecular flexibility index (Phi) is 5.50. The molecule has 0 bridgehead atoms. The molecule has 0 aromatic heterocycles. The minimum Gasteiger partial charge on any atom is -0.233 e. The average Bonchev–Trinajstić information content (AvgIpc) is 2.19. The standard InChI is InChI=1S/C10H11NS2/c12-9-11-7-4-8-13-10-5-2-1-3-6-10/h1-3,5-6H,4,7-8H2. The maximum Gasteiger partial charge on any atom is 0.0584 e. The molecule has 68 valence electrons. The van der Waals surface area contributed by atoms with Gasteiger partial charge in [-0.1, -0.05) is 18.2 Å². The Morgan fingerprint density at radius 2 is 2.08 bits per heavy atom. The van der Waals surface area contributed by atoms with Gasteiger partial charge in [-0.2, -0.15) is 0 Å². The number of hydrogen-bond acceptors (Lipinski definition) is 3. The van der Waals surface area contributed by atoms with Gasteiger partial charge in [-0.15, -0.1) is 11.8 Å². The molecule has 0 amide bonds. The van der Waals surface area contributed by atoms with E-state index in [0.29, 0.717) is 0 Å². The SMILES string of the molecule is S=C=NCCCSc1ccccc1. The second-order valence-electron chi connectivity index (χ2n) is 2.49. The number of thiocarbonyl (C=S) groups is 1. The summed E-state index contributed by atoms with van der Waals surface area (Å²) in [4.78, 5) is 5.17. The summed E-state index contributed by atoms with van der Waals surface area (Å²) >= 11 is 6.32. The lowest BCUT2D eigenvalue weighted by atomic mass is 10.4. The van der Waals surface area contributed by atoms with Gasteiger partial charge in [0.25, 0.3) is 0 Å². The fraction of sp³-hybridized carbons (Fsp3) is 0.300. The molecule has 1 aromatic rings. The van der Waals surface area contributed by atoms with E-state index in [4.69, 9.17) is 0 Å². The van der Waals surface area contributed by atoms with Gasteiger partial charge < -0.3 is 0 Å². The molecular weight excluding hydrogens is 198 g/mol. The van der Waals surface area contributed by atoms with Gasteiger partial charge >= 0.3 is 0 Å². The maximum atomic E-state index is 4.47. The van der Waals surface area contributed by atoms with E-state index in [2.05, 4.69) is 46.6 Å². The van der Waals surface area contributed by atoms with Crippen molar-refractivity contribution in [3.63, 3.8) is 0 Å². The molecule has 3 heteroatoms. The molecule has 0 saturated heterocycles. The van der Waals surface area contributed by atoms with Gasteiger partial charge in [0.05, 0.1) is 11.7 Å². The normalized spacial score (nSPS) is 9.23. The third-order valence-electron chi connectivity index (χ3n) is 1.49. The molecule has 13 heavy (non-hydrogen) atoms. The monoisotopic (exact) mass is 209 g/mol. The summed E-state index contributed by atoms with van der Waals surface area (Å²) < 4.78 is 0. The summed E-state index contributed by atoms with van der Waals surface area (Å²) in [6.45, 7) is 0.795. The van der Waals surface area contributed by atoms with Crippen LogP contribution in [0.2, 0.25) is 0 Å². The molecule has 0 spiro atoms. The molecule has 1 nitrogen and oxygen atoms in total. The van der Waals surface area contributed by atoms with Crippen molar-refractivity contribution in [3.05, 3.63) is 30.3 Å². The molecule has 0 atom stereocenters. The summed E-state index contributed by atoms with van der Waals surface area (Å²) in [5.41, 5.74) is 0. The van der Waals surface area contributed by atoms with Crippen LogP contribution in [0.3, 0.4) is 0 Å². The predicted molar refractivity (Wildman–Crippen MR) is 61.7 cm³/mol. The van der Waals surface area contributed by atoms with E-state index in [1.54, 1.807) is 0 Å². The van der Waals surface area contributed by atoms with Crippen molar-refractivity contribution < 1.29 is 0 Å². The zero-order valence-electron chi connectivity index (χ0n) is 7.27. The molecule has 0 unspecified atom stereocenters. The highest BCUT2D eigenvalue weighted by molar-refractivity contribution is 7.99. The van der Waals surface area contributed by atoms with Crippen LogP contribution in [0.1, 0.15) is 6.42 Å². The maximum absolute atomic E-state index is 4.47. The second-order valence-corrected chi connectivity index (χ2v) is 3.84. The van der Waals surface area contributed by atoms with E-state index in [1.165, 1.54) is 4.90 Å². The van der Waals surface area contributed by atoms with E-state index in [0.717, 1.165) is 18.7 Å². The second kappa shape index (κ2) is 6.84. The van der Waals surface area contributed by atoms with Crippen molar-refractivity contribution in [2.45, 2.75) is 11.3 Å². The molecule has 0 aliphatic rings. The molecule has 0 fully saturated rings. The van der Waals surface area contributed by atoms with Crippen LogP contribution >= 0.6 is 24.0 Å². The van der Waals surface area contributed by atoms with Crippen LogP contribution in [0, 0.1) is 0 Å². The summed E-state index contributed by atoms with van der Waals surface area (Å²) in [5.74, 6) is 1.09. The molecule has 0 aliphatic carbocycles. The first kappa shape index (κ1) is 10.5. The molecule has 1 rings (SSSR count). The Morgan fingerprint density at radius 1 is 1.31 bits per heavy atom. The van der Waals surface area contributed by atoms with Crippen LogP contribution in [-0.4, -0.2) is 17.5 Å². The van der Waals surface area contributed by atoms with Gasteiger partial charge in [0.1, 0.15) is 0 Å². The van der Waals surface area contributed by atoms with E-state index in [-0.39, 0.29) is 0 Å². The minimum atomic E-state index is 0.795. The summed E-state index contributed by atoms with van der Waals surface area (Å²) in [7, 11) is 0. The van der Waals surface area contributed by atoms with Gasteiger partial charge in [-0.05, 0) is 36.5 Å². The number of nitrogens with zero attached hydrogens (tertiary/aromatic N) is 1. The van der Waals surface area contributed by atoms with Gasteiger partial charge in [0.15, 0.2) is 0 Å². The zero-order valence-corrected chi connectivity index (χ0v) is 8.90. The van der Waals surface area contributed by atoms with Gasteiger partial charge in [-0.3, -0.25) is 0 Å². The number of isothiocyanates is 1. The summed E-state index contributed by atoms with van der Waals surface area (Å²) in [6, 6.07) is 10.4. The number of thioether (sulfide) groups is 1. The first-order valence-electron chi connectivity index (χ1n) is 4.15. The van der Waals surface area contributed by atoms with Gasteiger partial charge in [0.2, 0.25) is 0 Å². The van der Waals surface area contributed by atoms with Crippen LogP contribution in [-0.2, 0) is 0 Å². The lowest BCUT2D eigenvalue weighted by molar-refractivity contribution is 0.950. The third-order valence-corrected chi connectivity index (χ3v) is 2.72. The molecule has 0 heterocycles. The van der Waals surface area contributed by atoms with Crippen LogP contribution in [0.25, 0.3) is 0 Å². The summed E-state index contributed by atoms with van der Waals surface area (Å²) in [6.07, 6.45) is 1.06. The Labute approximate surface area is 88.3 Å². The Hall–Kier alpha value is -0.630. The Balaban J connectivity index is 2.17. The van der Waals surface area contributed by atoms with E-state index in [1.807, 2.05) is 17.8 Å². The quantitative estimate of drug-likeness (QED) is 0.319. The van der Waals surface area contributed by atoms with Crippen molar-refractivity contribution in [3.8, 4) is 0 Å². The van der Waals surface area contributed by atoms with Crippen molar-refractivity contribution in [2.24, 2.45) is 4.99 Å². The van der Waals surface area contributed by atoms with Crippen LogP contribution in [0.15, 0.2) is 40.2 Å². The largest absolute Gasteiger partial charge is 0.233 e. The topological polar surface area (TPSA) is 12.4 Å². The van der Waals surface area contributed by atoms with Crippen molar-refractivity contribution in [1.82, 2.24) is 0 Å². The first-order chi connectivity index (χ1) is 6.43. The first-order valence-corrected chi connectivity index (χ1v) is 5.54. The van der Waals surface area contributed by atoms with Gasteiger partial charge in [0, 0.05) is 4.90 Å². The van der Waals surface area contributed by atoms with Crippen molar-refractivity contribution in [2.75, 3.05) is 12.3 Å². The van der Waals surface area contributed by atoms with Gasteiger partial charge in [-0.25, -0.2) is 4.99 Å². The third kappa shape index (κ3) is 4.83. The average molecular weight is 209 g/mol.